The van der Waals surface area contributed by atoms with Crippen LogP contribution in [0.5, 0.6) is 0 Å². The number of likely N-dealkylation sites (tertiary alicyclic amines) is 1. The van der Waals surface area contributed by atoms with Crippen LogP contribution in [0.2, 0.25) is 0 Å². The molecule has 2 saturated heterocycles. The van der Waals surface area contributed by atoms with Crippen LogP contribution in [0.1, 0.15) is 23.2 Å². The second kappa shape index (κ2) is 6.36. The van der Waals surface area contributed by atoms with Gasteiger partial charge in [-0.05, 0) is 25.9 Å². The van der Waals surface area contributed by atoms with Crippen molar-refractivity contribution in [2.75, 3.05) is 45.9 Å². The number of amides is 1. The molecule has 1 atom stereocenters. The Morgan fingerprint density at radius 2 is 2.18 bits per heavy atom. The van der Waals surface area contributed by atoms with Gasteiger partial charge in [-0.2, -0.15) is 5.10 Å². The predicted molar refractivity (Wildman–Crippen MR) is 80.6 cm³/mol. The number of carbonyl (C=O) groups is 1. The fourth-order valence-electron chi connectivity index (χ4n) is 3.26. The molecular weight excluding hydrogens is 284 g/mol. The maximum atomic E-state index is 12.6. The molecular formula is C15H24N4O3. The minimum atomic E-state index is -1.00. The lowest BCUT2D eigenvalue weighted by molar-refractivity contribution is -0.0524. The van der Waals surface area contributed by atoms with E-state index in [0.717, 1.165) is 13.1 Å². The molecule has 1 amide bonds. The number of hydrogen-bond donors (Lipinski definition) is 1. The first kappa shape index (κ1) is 15.5. The summed E-state index contributed by atoms with van der Waals surface area (Å²) in [6.45, 7) is 4.11. The normalized spacial score (nSPS) is 27.1. The summed E-state index contributed by atoms with van der Waals surface area (Å²) in [7, 11) is 1.78. The van der Waals surface area contributed by atoms with Crippen molar-refractivity contribution in [3.05, 3.63) is 18.0 Å². The fourth-order valence-corrected chi connectivity index (χ4v) is 3.26. The van der Waals surface area contributed by atoms with Crippen molar-refractivity contribution in [1.29, 1.82) is 0 Å². The summed E-state index contributed by atoms with van der Waals surface area (Å²) in [5.74, 6) is -0.0987. The molecule has 0 aliphatic carbocycles. The number of rotatable bonds is 3. The van der Waals surface area contributed by atoms with E-state index in [2.05, 4.69) is 10.00 Å². The van der Waals surface area contributed by atoms with Crippen LogP contribution >= 0.6 is 0 Å². The van der Waals surface area contributed by atoms with Gasteiger partial charge in [-0.1, -0.05) is 0 Å². The molecule has 22 heavy (non-hydrogen) atoms. The number of aromatic nitrogens is 2. The molecule has 0 radical (unpaired) electrons. The first-order valence-electron chi connectivity index (χ1n) is 7.86. The van der Waals surface area contributed by atoms with Crippen LogP contribution in [-0.4, -0.2) is 82.1 Å². The molecule has 122 valence electrons. The van der Waals surface area contributed by atoms with Crippen LogP contribution < -0.4 is 0 Å². The molecule has 1 aromatic heterocycles. The average molecular weight is 308 g/mol. The van der Waals surface area contributed by atoms with Gasteiger partial charge in [0, 0.05) is 26.3 Å². The van der Waals surface area contributed by atoms with Crippen LogP contribution in [0.3, 0.4) is 0 Å². The quantitative estimate of drug-likeness (QED) is 0.831. The molecule has 2 aliphatic heterocycles. The minimum Gasteiger partial charge on any atom is -0.384 e. The second-order valence-electron chi connectivity index (χ2n) is 6.39. The lowest BCUT2D eigenvalue weighted by atomic mass is 10.0. The summed E-state index contributed by atoms with van der Waals surface area (Å²) in [6.07, 6.45) is 5.62. The number of β-amino-alcohol motifs (C(OH)–C–C–N with tert-alkyl or cyclic N) is 1. The summed E-state index contributed by atoms with van der Waals surface area (Å²) in [5, 5.41) is 14.9. The molecule has 2 fully saturated rings. The van der Waals surface area contributed by atoms with Crippen LogP contribution in [0.4, 0.5) is 0 Å². The number of aryl methyl sites for hydroxylation is 1. The summed E-state index contributed by atoms with van der Waals surface area (Å²) in [6, 6.07) is 0. The molecule has 2 aliphatic rings. The van der Waals surface area contributed by atoms with E-state index in [-0.39, 0.29) is 12.5 Å². The Kier molecular flexibility index (Phi) is 4.46. The molecule has 1 unspecified atom stereocenters. The largest absolute Gasteiger partial charge is 0.384 e. The van der Waals surface area contributed by atoms with Crippen LogP contribution in [0.15, 0.2) is 12.4 Å². The highest BCUT2D eigenvalue weighted by molar-refractivity contribution is 5.93. The molecule has 0 aromatic carbocycles. The third kappa shape index (κ3) is 3.48. The van der Waals surface area contributed by atoms with E-state index in [1.165, 1.54) is 12.8 Å². The average Bonchev–Trinajstić information content (AvgIpc) is 3.09. The Morgan fingerprint density at radius 1 is 1.41 bits per heavy atom. The van der Waals surface area contributed by atoms with E-state index < -0.39 is 5.60 Å². The summed E-state index contributed by atoms with van der Waals surface area (Å²) >= 11 is 0. The highest BCUT2D eigenvalue weighted by atomic mass is 16.5. The van der Waals surface area contributed by atoms with Crippen molar-refractivity contribution >= 4 is 5.91 Å². The molecule has 0 spiro atoms. The van der Waals surface area contributed by atoms with Crippen molar-refractivity contribution in [3.8, 4) is 0 Å². The van der Waals surface area contributed by atoms with E-state index in [9.17, 15) is 9.90 Å². The van der Waals surface area contributed by atoms with Gasteiger partial charge in [-0.25, -0.2) is 0 Å². The molecule has 7 nitrogen and oxygen atoms in total. The molecule has 3 rings (SSSR count). The number of hydrogen-bond acceptors (Lipinski definition) is 5. The highest BCUT2D eigenvalue weighted by Crippen LogP contribution is 2.19. The second-order valence-corrected chi connectivity index (χ2v) is 6.39. The van der Waals surface area contributed by atoms with E-state index in [1.54, 1.807) is 29.0 Å². The van der Waals surface area contributed by atoms with Gasteiger partial charge in [0.25, 0.3) is 5.91 Å². The van der Waals surface area contributed by atoms with E-state index in [0.29, 0.717) is 31.8 Å². The van der Waals surface area contributed by atoms with E-state index >= 15 is 0 Å². The van der Waals surface area contributed by atoms with E-state index in [1.807, 2.05) is 0 Å². The Morgan fingerprint density at radius 3 is 2.86 bits per heavy atom. The molecule has 7 heteroatoms. The number of nitrogens with zero attached hydrogens (tertiary/aromatic N) is 4. The van der Waals surface area contributed by atoms with Crippen LogP contribution in [0.25, 0.3) is 0 Å². The van der Waals surface area contributed by atoms with Crippen molar-refractivity contribution in [1.82, 2.24) is 19.6 Å². The monoisotopic (exact) mass is 308 g/mol. The molecule has 3 heterocycles. The van der Waals surface area contributed by atoms with E-state index in [4.69, 9.17) is 4.74 Å². The van der Waals surface area contributed by atoms with Gasteiger partial charge in [0.15, 0.2) is 0 Å². The maximum Gasteiger partial charge on any atom is 0.257 e. The van der Waals surface area contributed by atoms with Crippen molar-refractivity contribution < 1.29 is 14.6 Å². The maximum absolute atomic E-state index is 12.6. The van der Waals surface area contributed by atoms with Crippen molar-refractivity contribution in [2.45, 2.75) is 18.4 Å². The first-order chi connectivity index (χ1) is 10.6. The number of carbonyl (C=O) groups excluding carboxylic acids is 1. The van der Waals surface area contributed by atoms with Gasteiger partial charge in [-0.3, -0.25) is 9.48 Å². The molecule has 0 bridgehead atoms. The lowest BCUT2D eigenvalue weighted by Crippen LogP contribution is -2.53. The summed E-state index contributed by atoms with van der Waals surface area (Å²) in [5.41, 5.74) is -0.452. The smallest absolute Gasteiger partial charge is 0.257 e. The topological polar surface area (TPSA) is 70.8 Å². The number of ether oxygens (including phenoxy) is 1. The SMILES string of the molecule is Cn1cc(C(=O)N2CCOCC(O)(CN3CCCC3)C2)cn1. The third-order valence-corrected chi connectivity index (χ3v) is 4.32. The summed E-state index contributed by atoms with van der Waals surface area (Å²) in [4.78, 5) is 16.5. The van der Waals surface area contributed by atoms with Crippen molar-refractivity contribution in [3.63, 3.8) is 0 Å². The Labute approximate surface area is 130 Å². The Bertz CT molecular complexity index is 527. The van der Waals surface area contributed by atoms with Crippen LogP contribution in [0, 0.1) is 0 Å². The fraction of sp³-hybridized carbons (Fsp3) is 0.733. The van der Waals surface area contributed by atoms with Gasteiger partial charge >= 0.3 is 0 Å². The Hall–Kier alpha value is -1.44. The first-order valence-corrected chi connectivity index (χ1v) is 7.86. The third-order valence-electron chi connectivity index (χ3n) is 4.32. The number of aliphatic hydroxyl groups is 1. The highest BCUT2D eigenvalue weighted by Gasteiger charge is 2.37. The van der Waals surface area contributed by atoms with Gasteiger partial charge in [0.2, 0.25) is 0 Å². The molecule has 1 aromatic rings. The standard InChI is InChI=1S/C15H24N4O3/c1-17-9-13(8-16-17)14(20)19-6-7-22-12-15(21,11-19)10-18-4-2-3-5-18/h8-9,21H,2-7,10-12H2,1H3. The zero-order chi connectivity index (χ0) is 15.6. The minimum absolute atomic E-state index is 0.0987. The zero-order valence-corrected chi connectivity index (χ0v) is 13.1. The zero-order valence-electron chi connectivity index (χ0n) is 13.1. The van der Waals surface area contributed by atoms with Crippen molar-refractivity contribution in [2.24, 2.45) is 7.05 Å². The van der Waals surface area contributed by atoms with Gasteiger partial charge in [0.05, 0.1) is 31.5 Å². The molecule has 1 N–H and O–H groups in total. The van der Waals surface area contributed by atoms with Crippen LogP contribution in [-0.2, 0) is 11.8 Å². The predicted octanol–water partition coefficient (Wildman–Crippen LogP) is -0.281. The Balaban J connectivity index is 1.70. The van der Waals surface area contributed by atoms with Gasteiger partial charge in [-0.15, -0.1) is 0 Å². The van der Waals surface area contributed by atoms with Gasteiger partial charge in [0.1, 0.15) is 5.60 Å². The van der Waals surface area contributed by atoms with Gasteiger partial charge < -0.3 is 19.6 Å². The lowest BCUT2D eigenvalue weighted by Gasteiger charge is -2.33. The summed E-state index contributed by atoms with van der Waals surface area (Å²) < 4.78 is 7.16. The molecule has 0 saturated carbocycles.